The van der Waals surface area contributed by atoms with E-state index in [-0.39, 0.29) is 31.7 Å². The number of aryl methyl sites for hydroxylation is 2. The van der Waals surface area contributed by atoms with Crippen molar-refractivity contribution in [2.75, 3.05) is 13.2 Å². The molecule has 3 N–H and O–H groups in total. The molecule has 2 atom stereocenters. The highest BCUT2D eigenvalue weighted by molar-refractivity contribution is 5.92. The van der Waals surface area contributed by atoms with Crippen LogP contribution < -0.4 is 10.6 Å². The summed E-state index contributed by atoms with van der Waals surface area (Å²) < 4.78 is 10.4. The SMILES string of the molecule is CCOC(=O)CCNC(=O)C(c1cc(C)cc(C)c1)N(C(=O)C(Cc1ccc(O)cc1)NC(=O)OC(C)(C)C)C(C)C. The minimum atomic E-state index is -1.09. The van der Waals surface area contributed by atoms with Crippen molar-refractivity contribution in [3.8, 4) is 5.75 Å². The van der Waals surface area contributed by atoms with Crippen molar-refractivity contribution in [3.05, 3.63) is 64.7 Å². The molecule has 2 aromatic rings. The van der Waals surface area contributed by atoms with Gasteiger partial charge in [0.25, 0.3) is 0 Å². The van der Waals surface area contributed by atoms with Crippen LogP contribution in [0, 0.1) is 13.8 Å². The Balaban J connectivity index is 2.53. The van der Waals surface area contributed by atoms with Crippen LogP contribution in [0.4, 0.5) is 4.79 Å². The second-order valence-corrected chi connectivity index (χ2v) is 11.6. The van der Waals surface area contributed by atoms with Crippen molar-refractivity contribution >= 4 is 23.9 Å². The third-order valence-corrected chi connectivity index (χ3v) is 6.20. The van der Waals surface area contributed by atoms with Crippen LogP contribution in [0.1, 0.15) is 76.3 Å². The van der Waals surface area contributed by atoms with Crippen LogP contribution in [0.15, 0.2) is 42.5 Å². The van der Waals surface area contributed by atoms with Gasteiger partial charge in [-0.05, 0) is 78.6 Å². The zero-order valence-electron chi connectivity index (χ0n) is 25.9. The molecule has 10 nitrogen and oxygen atoms in total. The third-order valence-electron chi connectivity index (χ3n) is 6.20. The summed E-state index contributed by atoms with van der Waals surface area (Å²) in [6.45, 7) is 14.6. The number of aromatic hydroxyl groups is 1. The Morgan fingerprint density at radius 2 is 1.57 bits per heavy atom. The first-order valence-corrected chi connectivity index (χ1v) is 14.2. The summed E-state index contributed by atoms with van der Waals surface area (Å²) >= 11 is 0. The number of carbonyl (C=O) groups excluding carboxylic acids is 4. The summed E-state index contributed by atoms with van der Waals surface area (Å²) in [5.41, 5.74) is 2.32. The van der Waals surface area contributed by atoms with Gasteiger partial charge in [-0.1, -0.05) is 41.5 Å². The van der Waals surface area contributed by atoms with Crippen molar-refractivity contribution in [1.29, 1.82) is 0 Å². The van der Waals surface area contributed by atoms with Crippen LogP contribution in [0.2, 0.25) is 0 Å². The molecule has 0 bridgehead atoms. The molecule has 2 aromatic carbocycles. The smallest absolute Gasteiger partial charge is 0.408 e. The number of hydrogen-bond acceptors (Lipinski definition) is 7. The highest BCUT2D eigenvalue weighted by Gasteiger charge is 2.38. The van der Waals surface area contributed by atoms with E-state index in [1.54, 1.807) is 53.7 Å². The Morgan fingerprint density at radius 3 is 2.10 bits per heavy atom. The first-order chi connectivity index (χ1) is 19.6. The largest absolute Gasteiger partial charge is 0.508 e. The average Bonchev–Trinajstić information content (AvgIpc) is 2.85. The minimum absolute atomic E-state index is 0.0154. The zero-order valence-corrected chi connectivity index (χ0v) is 25.9. The van der Waals surface area contributed by atoms with Crippen molar-refractivity contribution in [2.24, 2.45) is 0 Å². The summed E-state index contributed by atoms with van der Waals surface area (Å²) in [4.78, 5) is 54.4. The fourth-order valence-electron chi connectivity index (χ4n) is 4.60. The number of nitrogens with zero attached hydrogens (tertiary/aromatic N) is 1. The highest BCUT2D eigenvalue weighted by atomic mass is 16.6. The average molecular weight is 584 g/mol. The minimum Gasteiger partial charge on any atom is -0.508 e. The monoisotopic (exact) mass is 583 g/mol. The Bertz CT molecular complexity index is 1220. The van der Waals surface area contributed by atoms with Gasteiger partial charge >= 0.3 is 12.1 Å². The number of rotatable bonds is 12. The van der Waals surface area contributed by atoms with Gasteiger partial charge in [-0.25, -0.2) is 4.79 Å². The lowest BCUT2D eigenvalue weighted by atomic mass is 9.96. The van der Waals surface area contributed by atoms with Crippen molar-refractivity contribution in [3.63, 3.8) is 0 Å². The van der Waals surface area contributed by atoms with Crippen LogP contribution in [0.3, 0.4) is 0 Å². The molecule has 0 heterocycles. The van der Waals surface area contributed by atoms with E-state index >= 15 is 0 Å². The standard InChI is InChI=1S/C32H45N3O7/c1-9-41-27(37)14-15-33-29(38)28(24-17-21(4)16-22(5)18-24)35(20(2)3)30(39)26(34-31(40)42-32(6,7)8)19-23-10-12-25(36)13-11-23/h10-13,16-18,20,26,28,36H,9,14-15,19H2,1-8H3,(H,33,38)(H,34,40). The number of hydrogen-bond donors (Lipinski definition) is 3. The maximum Gasteiger partial charge on any atom is 0.408 e. The maximum absolute atomic E-state index is 14.4. The summed E-state index contributed by atoms with van der Waals surface area (Å²) in [7, 11) is 0. The van der Waals surface area contributed by atoms with E-state index < -0.39 is 47.6 Å². The summed E-state index contributed by atoms with van der Waals surface area (Å²) in [6, 6.07) is 9.39. The molecular formula is C32H45N3O7. The molecule has 0 aliphatic heterocycles. The molecule has 3 amide bonds. The number of esters is 1. The molecule has 2 unspecified atom stereocenters. The molecular weight excluding hydrogens is 538 g/mol. The number of amides is 3. The van der Waals surface area contributed by atoms with E-state index in [4.69, 9.17) is 9.47 Å². The summed E-state index contributed by atoms with van der Waals surface area (Å²) in [5.74, 6) is -1.33. The van der Waals surface area contributed by atoms with E-state index in [9.17, 15) is 24.3 Å². The Kier molecular flexibility index (Phi) is 12.4. The molecule has 0 fully saturated rings. The van der Waals surface area contributed by atoms with Crippen LogP contribution in [-0.4, -0.2) is 64.7 Å². The number of phenolic OH excluding ortho intramolecular Hbond substituents is 1. The second-order valence-electron chi connectivity index (χ2n) is 11.6. The third kappa shape index (κ3) is 10.7. The van der Waals surface area contributed by atoms with Gasteiger partial charge in [-0.15, -0.1) is 0 Å². The zero-order chi connectivity index (χ0) is 31.6. The number of carbonyl (C=O) groups is 4. The fourth-order valence-corrected chi connectivity index (χ4v) is 4.60. The number of benzene rings is 2. The van der Waals surface area contributed by atoms with Gasteiger partial charge in [0.15, 0.2) is 0 Å². The molecule has 0 aromatic heterocycles. The van der Waals surface area contributed by atoms with Gasteiger partial charge in [0, 0.05) is 19.0 Å². The predicted octanol–water partition coefficient (Wildman–Crippen LogP) is 4.49. The summed E-state index contributed by atoms with van der Waals surface area (Å²) in [5, 5.41) is 15.2. The highest BCUT2D eigenvalue weighted by Crippen LogP contribution is 2.27. The lowest BCUT2D eigenvalue weighted by Gasteiger charge is -2.37. The van der Waals surface area contributed by atoms with Gasteiger partial charge in [-0.2, -0.15) is 0 Å². The molecule has 42 heavy (non-hydrogen) atoms. The Morgan fingerprint density at radius 1 is 0.976 bits per heavy atom. The predicted molar refractivity (Wildman–Crippen MR) is 160 cm³/mol. The maximum atomic E-state index is 14.4. The van der Waals surface area contributed by atoms with E-state index in [0.29, 0.717) is 11.1 Å². The van der Waals surface area contributed by atoms with Crippen LogP contribution in [-0.2, 0) is 30.3 Å². The Labute approximate surface area is 248 Å². The molecule has 0 aliphatic rings. The molecule has 0 radical (unpaired) electrons. The van der Waals surface area contributed by atoms with E-state index in [1.807, 2.05) is 32.0 Å². The van der Waals surface area contributed by atoms with Crippen LogP contribution in [0.5, 0.6) is 5.75 Å². The topological polar surface area (TPSA) is 134 Å². The van der Waals surface area contributed by atoms with Gasteiger partial charge in [0.1, 0.15) is 23.4 Å². The quantitative estimate of drug-likeness (QED) is 0.314. The van der Waals surface area contributed by atoms with Crippen molar-refractivity contribution < 1.29 is 33.8 Å². The number of nitrogens with one attached hydrogen (secondary N) is 2. The van der Waals surface area contributed by atoms with E-state index in [2.05, 4.69) is 10.6 Å². The van der Waals surface area contributed by atoms with Gasteiger partial charge in [0.05, 0.1) is 13.0 Å². The lowest BCUT2D eigenvalue weighted by Crippen LogP contribution is -2.55. The summed E-state index contributed by atoms with van der Waals surface area (Å²) in [6.07, 6.45) is -0.700. The number of phenols is 1. The van der Waals surface area contributed by atoms with Crippen molar-refractivity contribution in [1.82, 2.24) is 15.5 Å². The van der Waals surface area contributed by atoms with E-state index in [1.165, 1.54) is 17.0 Å². The molecule has 10 heteroatoms. The number of ether oxygens (including phenoxy) is 2. The van der Waals surface area contributed by atoms with E-state index in [0.717, 1.165) is 11.1 Å². The first-order valence-electron chi connectivity index (χ1n) is 14.2. The fraction of sp³-hybridized carbons (Fsp3) is 0.500. The molecule has 0 saturated heterocycles. The molecule has 0 spiro atoms. The molecule has 0 saturated carbocycles. The second kappa shape index (κ2) is 15.2. The van der Waals surface area contributed by atoms with Gasteiger partial charge in [0.2, 0.25) is 11.8 Å². The van der Waals surface area contributed by atoms with Crippen LogP contribution >= 0.6 is 0 Å². The molecule has 230 valence electrons. The van der Waals surface area contributed by atoms with Gasteiger partial charge < -0.3 is 30.1 Å². The van der Waals surface area contributed by atoms with Crippen molar-refractivity contribution in [2.45, 2.75) is 92.0 Å². The van der Waals surface area contributed by atoms with Gasteiger partial charge in [-0.3, -0.25) is 14.4 Å². The molecule has 2 rings (SSSR count). The lowest BCUT2D eigenvalue weighted by molar-refractivity contribution is -0.145. The number of alkyl carbamates (subject to hydrolysis) is 1. The Hall–Kier alpha value is -4.08. The van der Waals surface area contributed by atoms with Crippen LogP contribution in [0.25, 0.3) is 0 Å². The first kappa shape index (κ1) is 34.1. The molecule has 0 aliphatic carbocycles. The normalized spacial score (nSPS) is 12.7.